The average Bonchev–Trinajstić information content (AvgIpc) is 2.88. The van der Waals surface area contributed by atoms with Crippen LogP contribution in [0.5, 0.6) is 11.5 Å². The lowest BCUT2D eigenvalue weighted by Crippen LogP contribution is -2.22. The lowest BCUT2D eigenvalue weighted by atomic mass is 10.2. The summed E-state index contributed by atoms with van der Waals surface area (Å²) in [7, 11) is 1.46. The first-order valence-electron chi connectivity index (χ1n) is 11.1. The summed E-state index contributed by atoms with van der Waals surface area (Å²) in [6, 6.07) is 15.2. The molecule has 0 saturated heterocycles. The highest BCUT2D eigenvalue weighted by atomic mass is 79.9. The van der Waals surface area contributed by atoms with E-state index in [1.54, 1.807) is 48.5 Å². The second-order valence-electron chi connectivity index (χ2n) is 7.77. The third-order valence-electron chi connectivity index (χ3n) is 5.25. The highest BCUT2D eigenvalue weighted by molar-refractivity contribution is 9.10. The Balaban J connectivity index is 1.66. The summed E-state index contributed by atoms with van der Waals surface area (Å²) in [5.74, 6) is 0.632. The van der Waals surface area contributed by atoms with E-state index >= 15 is 0 Å². The first-order chi connectivity index (χ1) is 17.8. The van der Waals surface area contributed by atoms with Gasteiger partial charge in [0.15, 0.2) is 18.1 Å². The van der Waals surface area contributed by atoms with E-state index in [2.05, 4.69) is 31.3 Å². The van der Waals surface area contributed by atoms with Gasteiger partial charge in [0.05, 0.1) is 24.2 Å². The molecule has 3 aromatic carbocycles. The Bertz CT molecular complexity index is 1560. The van der Waals surface area contributed by atoms with Crippen molar-refractivity contribution < 1.29 is 14.3 Å². The van der Waals surface area contributed by atoms with Crippen LogP contribution in [0.15, 0.2) is 69.0 Å². The van der Waals surface area contributed by atoms with Crippen molar-refractivity contribution in [2.45, 2.75) is 13.3 Å². The zero-order chi connectivity index (χ0) is 26.5. The number of rotatable bonds is 8. The third-order valence-corrected chi connectivity index (χ3v) is 6.21. The van der Waals surface area contributed by atoms with Crippen molar-refractivity contribution >= 4 is 67.8 Å². The molecule has 1 N–H and O–H groups in total. The minimum absolute atomic E-state index is 0.240. The number of halogens is 3. The molecule has 37 heavy (non-hydrogen) atoms. The van der Waals surface area contributed by atoms with Gasteiger partial charge in [-0.1, -0.05) is 46.1 Å². The average molecular weight is 604 g/mol. The zero-order valence-corrected chi connectivity index (χ0v) is 22.9. The summed E-state index contributed by atoms with van der Waals surface area (Å²) in [4.78, 5) is 30.3. The SMILES string of the molecule is CCc1nc2ccc(Br)cc2c(=O)n1N=Cc1cc(Cl)cc(OC)c1OCC(=O)Nc1ccc(Cl)cc1. The molecule has 8 nitrogen and oxygen atoms in total. The molecule has 0 aliphatic carbocycles. The van der Waals surface area contributed by atoms with E-state index in [0.717, 1.165) is 4.47 Å². The molecule has 0 bridgehead atoms. The Morgan fingerprint density at radius 3 is 2.59 bits per heavy atom. The molecule has 190 valence electrons. The quantitative estimate of drug-likeness (QED) is 0.252. The molecule has 4 aromatic rings. The number of nitrogens with one attached hydrogen (secondary N) is 1. The van der Waals surface area contributed by atoms with Crippen LogP contribution >= 0.6 is 39.1 Å². The molecule has 4 rings (SSSR count). The maximum atomic E-state index is 13.2. The van der Waals surface area contributed by atoms with Crippen LogP contribution < -0.4 is 20.3 Å². The number of nitrogens with zero attached hydrogens (tertiary/aromatic N) is 3. The van der Waals surface area contributed by atoms with E-state index in [4.69, 9.17) is 32.7 Å². The molecule has 11 heteroatoms. The summed E-state index contributed by atoms with van der Waals surface area (Å²) < 4.78 is 13.2. The number of carbonyl (C=O) groups is 1. The number of benzene rings is 3. The van der Waals surface area contributed by atoms with E-state index in [9.17, 15) is 9.59 Å². The Morgan fingerprint density at radius 1 is 1.14 bits per heavy atom. The number of fused-ring (bicyclic) bond motifs is 1. The van der Waals surface area contributed by atoms with Crippen molar-refractivity contribution in [3.8, 4) is 11.5 Å². The Kier molecular flexibility index (Phi) is 8.48. The van der Waals surface area contributed by atoms with Gasteiger partial charge in [-0.3, -0.25) is 9.59 Å². The fraction of sp³-hybridized carbons (Fsp3) is 0.154. The van der Waals surface area contributed by atoms with Crippen LogP contribution in [0.4, 0.5) is 5.69 Å². The number of anilines is 1. The van der Waals surface area contributed by atoms with Crippen LogP contribution in [0.25, 0.3) is 10.9 Å². The van der Waals surface area contributed by atoms with Gasteiger partial charge in [-0.2, -0.15) is 9.78 Å². The zero-order valence-electron chi connectivity index (χ0n) is 19.8. The Hall–Kier alpha value is -3.40. The molecule has 0 aliphatic rings. The van der Waals surface area contributed by atoms with E-state index in [-0.39, 0.29) is 17.9 Å². The van der Waals surface area contributed by atoms with Gasteiger partial charge in [-0.15, -0.1) is 0 Å². The second kappa shape index (κ2) is 11.8. The van der Waals surface area contributed by atoms with Crippen molar-refractivity contribution in [2.75, 3.05) is 19.0 Å². The third kappa shape index (κ3) is 6.30. The normalized spacial score (nSPS) is 11.2. The number of aromatic nitrogens is 2. The molecule has 1 amide bonds. The molecule has 1 heterocycles. The van der Waals surface area contributed by atoms with Gasteiger partial charge in [0.1, 0.15) is 5.82 Å². The van der Waals surface area contributed by atoms with Crippen LogP contribution in [-0.4, -0.2) is 35.5 Å². The molecule has 0 fully saturated rings. The Labute approximate surface area is 231 Å². The van der Waals surface area contributed by atoms with E-state index < -0.39 is 5.91 Å². The predicted molar refractivity (Wildman–Crippen MR) is 150 cm³/mol. The summed E-state index contributed by atoms with van der Waals surface area (Å²) >= 11 is 15.6. The van der Waals surface area contributed by atoms with Crippen molar-refractivity contribution in [2.24, 2.45) is 5.10 Å². The minimum atomic E-state index is -0.393. The van der Waals surface area contributed by atoms with E-state index in [0.29, 0.717) is 50.2 Å². The molecule has 0 atom stereocenters. The van der Waals surface area contributed by atoms with Gasteiger partial charge in [0, 0.05) is 38.3 Å². The molecule has 0 aliphatic heterocycles. The van der Waals surface area contributed by atoms with Crippen molar-refractivity contribution in [1.29, 1.82) is 0 Å². The first kappa shape index (κ1) is 26.7. The molecule has 0 saturated carbocycles. The number of aryl methyl sites for hydroxylation is 1. The molecule has 0 unspecified atom stereocenters. The first-order valence-corrected chi connectivity index (χ1v) is 12.6. The van der Waals surface area contributed by atoms with Gasteiger partial charge in [-0.05, 0) is 48.5 Å². The highest BCUT2D eigenvalue weighted by Gasteiger charge is 2.15. The summed E-state index contributed by atoms with van der Waals surface area (Å²) in [6.45, 7) is 1.57. The number of hydrogen-bond acceptors (Lipinski definition) is 6. The van der Waals surface area contributed by atoms with Gasteiger partial charge in [-0.25, -0.2) is 4.98 Å². The number of ether oxygens (including phenoxy) is 2. The lowest BCUT2D eigenvalue weighted by molar-refractivity contribution is -0.118. The predicted octanol–water partition coefficient (Wildman–Crippen LogP) is 5.94. The maximum Gasteiger partial charge on any atom is 0.282 e. The number of amides is 1. The van der Waals surface area contributed by atoms with Crippen LogP contribution in [-0.2, 0) is 11.2 Å². The minimum Gasteiger partial charge on any atom is -0.493 e. The fourth-order valence-electron chi connectivity index (χ4n) is 3.52. The topological polar surface area (TPSA) is 94.8 Å². The number of methoxy groups -OCH3 is 1. The largest absolute Gasteiger partial charge is 0.493 e. The van der Waals surface area contributed by atoms with E-state index in [1.165, 1.54) is 18.0 Å². The maximum absolute atomic E-state index is 13.2. The van der Waals surface area contributed by atoms with Crippen LogP contribution in [0.2, 0.25) is 10.0 Å². The number of carbonyl (C=O) groups excluding carboxylic acids is 1. The highest BCUT2D eigenvalue weighted by Crippen LogP contribution is 2.34. The van der Waals surface area contributed by atoms with Crippen molar-refractivity contribution in [3.63, 3.8) is 0 Å². The van der Waals surface area contributed by atoms with Crippen LogP contribution in [0.1, 0.15) is 18.3 Å². The van der Waals surface area contributed by atoms with Gasteiger partial charge < -0.3 is 14.8 Å². The summed E-state index contributed by atoms with van der Waals surface area (Å²) in [5.41, 5.74) is 1.24. The molecular formula is C26H21BrCl2N4O4. The van der Waals surface area contributed by atoms with Gasteiger partial charge >= 0.3 is 0 Å². The number of hydrogen-bond donors (Lipinski definition) is 1. The molecule has 0 radical (unpaired) electrons. The summed E-state index contributed by atoms with van der Waals surface area (Å²) in [5, 5.41) is 8.47. The lowest BCUT2D eigenvalue weighted by Gasteiger charge is -2.14. The molecular weight excluding hydrogens is 583 g/mol. The molecule has 0 spiro atoms. The standard InChI is InChI=1S/C26H21BrCl2N4O4/c1-3-23-32-21-9-4-16(27)11-20(21)26(35)33(23)30-13-15-10-18(29)12-22(36-2)25(15)37-14-24(34)31-19-7-5-17(28)6-8-19/h4-13H,3,14H2,1-2H3,(H,31,34). The van der Waals surface area contributed by atoms with Crippen LogP contribution in [0.3, 0.4) is 0 Å². The van der Waals surface area contributed by atoms with Crippen LogP contribution in [0, 0.1) is 0 Å². The van der Waals surface area contributed by atoms with Crippen molar-refractivity contribution in [1.82, 2.24) is 9.66 Å². The molecule has 1 aromatic heterocycles. The van der Waals surface area contributed by atoms with Gasteiger partial charge in [0.2, 0.25) is 0 Å². The van der Waals surface area contributed by atoms with E-state index in [1.807, 2.05) is 13.0 Å². The fourth-order valence-corrected chi connectivity index (χ4v) is 4.23. The summed E-state index contributed by atoms with van der Waals surface area (Å²) in [6.07, 6.45) is 1.90. The smallest absolute Gasteiger partial charge is 0.282 e. The van der Waals surface area contributed by atoms with Gasteiger partial charge in [0.25, 0.3) is 11.5 Å². The Morgan fingerprint density at radius 2 is 1.89 bits per heavy atom. The van der Waals surface area contributed by atoms with Crippen molar-refractivity contribution in [3.05, 3.63) is 90.9 Å². The second-order valence-corrected chi connectivity index (χ2v) is 9.56. The monoisotopic (exact) mass is 602 g/mol.